The molecule has 7 heteroatoms. The number of phenolic OH excluding ortho intramolecular Hbond substituents is 1. The minimum Gasteiger partial charge on any atom is -0.508 e. The molecule has 0 saturated heterocycles. The van der Waals surface area contributed by atoms with E-state index in [1.165, 1.54) is 0 Å². The molecule has 0 radical (unpaired) electrons. The van der Waals surface area contributed by atoms with Gasteiger partial charge in [-0.2, -0.15) is 0 Å². The molecular weight excluding hydrogens is 224 g/mol. The van der Waals surface area contributed by atoms with Crippen molar-refractivity contribution in [1.82, 2.24) is 15.2 Å². The van der Waals surface area contributed by atoms with Crippen LogP contribution in [0.1, 0.15) is 5.56 Å². The summed E-state index contributed by atoms with van der Waals surface area (Å²) in [5.41, 5.74) is -0.646. The Morgan fingerprint density at radius 2 is 2.06 bits per heavy atom. The Morgan fingerprint density at radius 3 is 2.76 bits per heavy atom. The van der Waals surface area contributed by atoms with Gasteiger partial charge < -0.3 is 10.4 Å². The second-order valence-electron chi connectivity index (χ2n) is 3.34. The zero-order valence-corrected chi connectivity index (χ0v) is 8.73. The Bertz CT molecular complexity index is 632. The Balaban J connectivity index is 2.16. The zero-order valence-electron chi connectivity index (χ0n) is 8.73. The highest BCUT2D eigenvalue weighted by molar-refractivity contribution is 5.37. The Morgan fingerprint density at radius 1 is 1.29 bits per heavy atom. The summed E-state index contributed by atoms with van der Waals surface area (Å²) in [7, 11) is 0. The van der Waals surface area contributed by atoms with Crippen molar-refractivity contribution < 1.29 is 5.11 Å². The summed E-state index contributed by atoms with van der Waals surface area (Å²) in [5, 5.41) is 17.9. The normalized spacial score (nSPS) is 10.1. The number of aromatic amines is 2. The predicted molar refractivity (Wildman–Crippen MR) is 60.9 cm³/mol. The number of rotatable bonds is 3. The summed E-state index contributed by atoms with van der Waals surface area (Å²) >= 11 is 0. The third-order valence-electron chi connectivity index (χ3n) is 2.15. The van der Waals surface area contributed by atoms with E-state index in [-0.39, 0.29) is 18.1 Å². The van der Waals surface area contributed by atoms with E-state index in [0.717, 1.165) is 0 Å². The van der Waals surface area contributed by atoms with Crippen LogP contribution >= 0.6 is 0 Å². The van der Waals surface area contributed by atoms with Crippen molar-refractivity contribution in [2.45, 2.75) is 6.54 Å². The number of aromatic hydroxyl groups is 1. The molecule has 0 aliphatic carbocycles. The smallest absolute Gasteiger partial charge is 0.342 e. The summed E-state index contributed by atoms with van der Waals surface area (Å²) in [4.78, 5) is 24.0. The van der Waals surface area contributed by atoms with Crippen LogP contribution in [0.5, 0.6) is 5.75 Å². The third-order valence-corrected chi connectivity index (χ3v) is 2.15. The summed E-state index contributed by atoms with van der Waals surface area (Å²) < 4.78 is 0. The van der Waals surface area contributed by atoms with Crippen molar-refractivity contribution in [2.24, 2.45) is 0 Å². The molecule has 17 heavy (non-hydrogen) atoms. The van der Waals surface area contributed by atoms with Crippen LogP contribution in [0.2, 0.25) is 0 Å². The number of hydrogen-bond acceptors (Lipinski definition) is 5. The van der Waals surface area contributed by atoms with E-state index in [9.17, 15) is 14.7 Å². The molecule has 0 aliphatic rings. The Kier molecular flexibility index (Phi) is 2.91. The molecule has 0 fully saturated rings. The molecule has 0 saturated carbocycles. The first-order valence-electron chi connectivity index (χ1n) is 4.86. The lowest BCUT2D eigenvalue weighted by atomic mass is 10.2. The van der Waals surface area contributed by atoms with E-state index in [4.69, 9.17) is 0 Å². The second-order valence-corrected chi connectivity index (χ2v) is 3.34. The van der Waals surface area contributed by atoms with Crippen LogP contribution in [0.25, 0.3) is 0 Å². The minimum absolute atomic E-state index is 0.00662. The molecule has 7 nitrogen and oxygen atoms in total. The molecule has 2 aromatic rings. The number of H-pyrrole nitrogens is 2. The van der Waals surface area contributed by atoms with Crippen LogP contribution in [0.4, 0.5) is 5.82 Å². The van der Waals surface area contributed by atoms with E-state index < -0.39 is 11.2 Å². The minimum atomic E-state index is -0.664. The third kappa shape index (κ3) is 2.51. The lowest BCUT2D eigenvalue weighted by Gasteiger charge is -2.05. The summed E-state index contributed by atoms with van der Waals surface area (Å²) in [6.07, 6.45) is 0. The van der Waals surface area contributed by atoms with Gasteiger partial charge >= 0.3 is 5.69 Å². The molecule has 0 spiro atoms. The number of anilines is 1. The monoisotopic (exact) mass is 234 g/mol. The molecule has 88 valence electrons. The van der Waals surface area contributed by atoms with Gasteiger partial charge in [0.2, 0.25) is 5.82 Å². The quantitative estimate of drug-likeness (QED) is 0.586. The summed E-state index contributed by atoms with van der Waals surface area (Å²) in [5.74, 6) is 0.119. The molecule has 1 heterocycles. The SMILES string of the molecule is O=c1[nH]nc(NCc2ccccc2O)c(=O)[nH]1. The Hall–Kier alpha value is -2.57. The average molecular weight is 234 g/mol. The number of benzene rings is 1. The fourth-order valence-corrected chi connectivity index (χ4v) is 1.31. The highest BCUT2D eigenvalue weighted by atomic mass is 16.3. The maximum atomic E-state index is 11.3. The highest BCUT2D eigenvalue weighted by Gasteiger charge is 2.03. The molecule has 0 atom stereocenters. The van der Waals surface area contributed by atoms with Crippen LogP contribution in [-0.4, -0.2) is 20.3 Å². The largest absolute Gasteiger partial charge is 0.508 e. The van der Waals surface area contributed by atoms with Crippen LogP contribution < -0.4 is 16.6 Å². The molecular formula is C10H10N4O3. The first-order valence-corrected chi connectivity index (χ1v) is 4.86. The molecule has 0 bridgehead atoms. The van der Waals surface area contributed by atoms with Crippen LogP contribution in [0.15, 0.2) is 33.9 Å². The molecule has 1 aromatic heterocycles. The van der Waals surface area contributed by atoms with Crippen molar-refractivity contribution in [3.63, 3.8) is 0 Å². The van der Waals surface area contributed by atoms with Crippen LogP contribution in [0.3, 0.4) is 0 Å². The molecule has 0 amide bonds. The molecule has 0 unspecified atom stereocenters. The van der Waals surface area contributed by atoms with E-state index in [0.29, 0.717) is 5.56 Å². The topological polar surface area (TPSA) is 111 Å². The molecule has 0 aliphatic heterocycles. The first kappa shape index (κ1) is 10.9. The maximum Gasteiger partial charge on any atom is 0.342 e. The fourth-order valence-electron chi connectivity index (χ4n) is 1.31. The van der Waals surface area contributed by atoms with Gasteiger partial charge in [0.15, 0.2) is 0 Å². The highest BCUT2D eigenvalue weighted by Crippen LogP contribution is 2.15. The zero-order chi connectivity index (χ0) is 12.3. The van der Waals surface area contributed by atoms with Crippen LogP contribution in [0, 0.1) is 0 Å². The van der Waals surface area contributed by atoms with E-state index in [1.54, 1.807) is 24.3 Å². The van der Waals surface area contributed by atoms with Crippen molar-refractivity contribution in [3.05, 3.63) is 50.7 Å². The second kappa shape index (κ2) is 4.52. The molecule has 2 rings (SSSR count). The predicted octanol–water partition coefficient (Wildman–Crippen LogP) is -0.224. The Labute approximate surface area is 95.1 Å². The summed E-state index contributed by atoms with van der Waals surface area (Å²) in [6.45, 7) is 0.231. The lowest BCUT2D eigenvalue weighted by Crippen LogP contribution is -2.26. The average Bonchev–Trinajstić information content (AvgIpc) is 2.30. The van der Waals surface area contributed by atoms with Gasteiger partial charge in [-0.3, -0.25) is 9.78 Å². The van der Waals surface area contributed by atoms with Gasteiger partial charge in [0.1, 0.15) is 5.75 Å². The van der Waals surface area contributed by atoms with Gasteiger partial charge in [0.05, 0.1) is 0 Å². The lowest BCUT2D eigenvalue weighted by molar-refractivity contribution is 0.469. The number of phenols is 1. The summed E-state index contributed by atoms with van der Waals surface area (Å²) in [6, 6.07) is 6.72. The van der Waals surface area contributed by atoms with Gasteiger partial charge in [0, 0.05) is 12.1 Å². The van der Waals surface area contributed by atoms with Gasteiger partial charge in [-0.05, 0) is 6.07 Å². The van der Waals surface area contributed by atoms with Gasteiger partial charge in [-0.15, -0.1) is 5.10 Å². The van der Waals surface area contributed by atoms with Gasteiger partial charge in [0.25, 0.3) is 5.56 Å². The van der Waals surface area contributed by atoms with E-state index >= 15 is 0 Å². The first-order chi connectivity index (χ1) is 8.16. The molecule has 1 aromatic carbocycles. The van der Waals surface area contributed by atoms with Gasteiger partial charge in [-0.1, -0.05) is 18.2 Å². The van der Waals surface area contributed by atoms with Gasteiger partial charge in [-0.25, -0.2) is 9.89 Å². The fraction of sp³-hybridized carbons (Fsp3) is 0.100. The van der Waals surface area contributed by atoms with Crippen molar-refractivity contribution in [3.8, 4) is 5.75 Å². The number of nitrogens with zero attached hydrogens (tertiary/aromatic N) is 1. The van der Waals surface area contributed by atoms with E-state index in [1.807, 2.05) is 4.98 Å². The number of aromatic nitrogens is 3. The van der Waals surface area contributed by atoms with E-state index in [2.05, 4.69) is 15.5 Å². The number of hydrogen-bond donors (Lipinski definition) is 4. The number of para-hydroxylation sites is 1. The van der Waals surface area contributed by atoms with Crippen LogP contribution in [-0.2, 0) is 6.54 Å². The van der Waals surface area contributed by atoms with Crippen molar-refractivity contribution in [2.75, 3.05) is 5.32 Å². The van der Waals surface area contributed by atoms with Crippen molar-refractivity contribution in [1.29, 1.82) is 0 Å². The molecule has 4 N–H and O–H groups in total. The number of nitrogens with one attached hydrogen (secondary N) is 3. The van der Waals surface area contributed by atoms with Crippen molar-refractivity contribution >= 4 is 5.82 Å². The maximum absolute atomic E-state index is 11.3. The standard InChI is InChI=1S/C10H10N4O3/c15-7-4-2-1-3-6(7)5-11-8-9(16)12-10(17)14-13-8/h1-4,15H,5H2,(H,11,13)(H2,12,14,16,17).